The fourth-order valence-corrected chi connectivity index (χ4v) is 3.75. The van der Waals surface area contributed by atoms with Crippen LogP contribution in [0.5, 0.6) is 0 Å². The summed E-state index contributed by atoms with van der Waals surface area (Å²) in [6, 6.07) is 21.5. The second kappa shape index (κ2) is 5.01. The summed E-state index contributed by atoms with van der Waals surface area (Å²) in [6.45, 7) is 0. The Hall–Kier alpha value is -3.47. The molecule has 0 aliphatic heterocycles. The van der Waals surface area contributed by atoms with E-state index in [-0.39, 0.29) is 16.7 Å². The quantitative estimate of drug-likeness (QED) is 0.353. The second-order valence-electron chi connectivity index (χ2n) is 6.17. The van der Waals surface area contributed by atoms with Crippen molar-refractivity contribution in [2.45, 2.75) is 6.04 Å². The summed E-state index contributed by atoms with van der Waals surface area (Å²) in [5.74, 6) is 0. The maximum absolute atomic E-state index is 11.0. The summed E-state index contributed by atoms with van der Waals surface area (Å²) >= 11 is 0. The number of fused-ring (bicyclic) bond motifs is 4. The molecule has 0 N–H and O–H groups in total. The predicted molar refractivity (Wildman–Crippen MR) is 95.5 cm³/mol. The Bertz CT molecular complexity index is 1100. The van der Waals surface area contributed by atoms with Crippen LogP contribution in [0.3, 0.4) is 0 Å². The lowest BCUT2D eigenvalue weighted by molar-refractivity contribution is -0.384. The Kier molecular flexibility index (Phi) is 2.79. The molecule has 0 amide bonds. The van der Waals surface area contributed by atoms with Gasteiger partial charge in [-0.05, 0) is 28.3 Å². The maximum Gasteiger partial charge on any atom is 0.270 e. The van der Waals surface area contributed by atoms with Gasteiger partial charge in [0.15, 0.2) is 0 Å². The molecule has 0 spiro atoms. The van der Waals surface area contributed by atoms with Crippen molar-refractivity contribution in [3.05, 3.63) is 94.2 Å². The van der Waals surface area contributed by atoms with Crippen molar-refractivity contribution in [1.29, 1.82) is 0 Å². The number of nitro benzene ring substituents is 1. The highest BCUT2D eigenvalue weighted by Crippen LogP contribution is 2.45. The molecule has 0 unspecified atom stereocenters. The minimum absolute atomic E-state index is 0.0219. The first-order chi connectivity index (χ1) is 12.2. The molecule has 5 rings (SSSR count). The molecule has 0 radical (unpaired) electrons. The first kappa shape index (κ1) is 13.9. The summed E-state index contributed by atoms with van der Waals surface area (Å²) in [6.07, 6.45) is 1.70. The molecule has 1 aliphatic carbocycles. The number of aromatic nitrogens is 2. The number of hydrogen-bond donors (Lipinski definition) is 0. The van der Waals surface area contributed by atoms with Gasteiger partial charge in [0.25, 0.3) is 5.69 Å². The molecule has 1 aliphatic rings. The third-order valence-corrected chi connectivity index (χ3v) is 4.84. The van der Waals surface area contributed by atoms with E-state index >= 15 is 0 Å². The fraction of sp³-hybridized carbons (Fsp3) is 0.0500. The van der Waals surface area contributed by atoms with E-state index in [2.05, 4.69) is 29.4 Å². The molecule has 0 saturated heterocycles. The SMILES string of the molecule is O=[N+]([O-])c1ccc2c(cnn2C2c3ccccc3-c3ccccc32)c1. The van der Waals surface area contributed by atoms with E-state index < -0.39 is 0 Å². The van der Waals surface area contributed by atoms with E-state index in [0.29, 0.717) is 0 Å². The summed E-state index contributed by atoms with van der Waals surface area (Å²) < 4.78 is 1.96. The number of rotatable bonds is 2. The van der Waals surface area contributed by atoms with Crippen molar-refractivity contribution in [3.8, 4) is 11.1 Å². The highest BCUT2D eigenvalue weighted by atomic mass is 16.6. The van der Waals surface area contributed by atoms with Crippen molar-refractivity contribution in [1.82, 2.24) is 9.78 Å². The van der Waals surface area contributed by atoms with Gasteiger partial charge in [-0.2, -0.15) is 5.10 Å². The molecular weight excluding hydrogens is 314 g/mol. The maximum atomic E-state index is 11.0. The van der Waals surface area contributed by atoms with Crippen molar-refractivity contribution < 1.29 is 4.92 Å². The van der Waals surface area contributed by atoms with Crippen LogP contribution in [0.25, 0.3) is 22.0 Å². The summed E-state index contributed by atoms with van der Waals surface area (Å²) in [4.78, 5) is 10.6. The zero-order chi connectivity index (χ0) is 17.0. The summed E-state index contributed by atoms with van der Waals surface area (Å²) in [7, 11) is 0. The van der Waals surface area contributed by atoms with E-state index in [4.69, 9.17) is 0 Å². The predicted octanol–water partition coefficient (Wildman–Crippen LogP) is 4.56. The zero-order valence-electron chi connectivity index (χ0n) is 13.2. The van der Waals surface area contributed by atoms with Crippen molar-refractivity contribution in [2.24, 2.45) is 0 Å². The Labute approximate surface area is 143 Å². The molecule has 0 fully saturated rings. The fourth-order valence-electron chi connectivity index (χ4n) is 3.75. The van der Waals surface area contributed by atoms with Gasteiger partial charge in [0.2, 0.25) is 0 Å². The molecule has 4 aromatic rings. The number of nitrogens with zero attached hydrogens (tertiary/aromatic N) is 3. The highest BCUT2D eigenvalue weighted by molar-refractivity contribution is 5.84. The Balaban J connectivity index is 1.76. The zero-order valence-corrected chi connectivity index (χ0v) is 13.2. The summed E-state index contributed by atoms with van der Waals surface area (Å²) in [5, 5.41) is 16.4. The van der Waals surface area contributed by atoms with Crippen molar-refractivity contribution in [2.75, 3.05) is 0 Å². The topological polar surface area (TPSA) is 61.0 Å². The molecule has 0 atom stereocenters. The van der Waals surface area contributed by atoms with Crippen LogP contribution in [0.4, 0.5) is 5.69 Å². The molecule has 5 nitrogen and oxygen atoms in total. The molecule has 0 bridgehead atoms. The highest BCUT2D eigenvalue weighted by Gasteiger charge is 2.30. The van der Waals surface area contributed by atoms with Crippen molar-refractivity contribution in [3.63, 3.8) is 0 Å². The van der Waals surface area contributed by atoms with Crippen LogP contribution in [0.2, 0.25) is 0 Å². The lowest BCUT2D eigenvalue weighted by atomic mass is 10.1. The van der Waals surface area contributed by atoms with E-state index in [1.165, 1.54) is 28.3 Å². The van der Waals surface area contributed by atoms with Gasteiger partial charge < -0.3 is 0 Å². The molecular formula is C20H13N3O2. The van der Waals surface area contributed by atoms with Crippen LogP contribution in [-0.4, -0.2) is 14.7 Å². The van der Waals surface area contributed by atoms with Crippen LogP contribution in [0, 0.1) is 10.1 Å². The first-order valence-corrected chi connectivity index (χ1v) is 8.04. The van der Waals surface area contributed by atoms with Crippen LogP contribution >= 0.6 is 0 Å². The van der Waals surface area contributed by atoms with Gasteiger partial charge in [0.1, 0.15) is 6.04 Å². The first-order valence-electron chi connectivity index (χ1n) is 8.04. The third kappa shape index (κ3) is 1.92. The van der Waals surface area contributed by atoms with Crippen molar-refractivity contribution >= 4 is 16.6 Å². The van der Waals surface area contributed by atoms with Crippen LogP contribution in [-0.2, 0) is 0 Å². The number of hydrogen-bond acceptors (Lipinski definition) is 3. The summed E-state index contributed by atoms with van der Waals surface area (Å²) in [5.41, 5.74) is 5.81. The molecule has 1 heterocycles. The van der Waals surface area contributed by atoms with Gasteiger partial charge in [-0.25, -0.2) is 0 Å². The lowest BCUT2D eigenvalue weighted by Gasteiger charge is -2.15. The smallest absolute Gasteiger partial charge is 0.258 e. The number of benzene rings is 3. The monoisotopic (exact) mass is 327 g/mol. The van der Waals surface area contributed by atoms with Gasteiger partial charge in [0, 0.05) is 17.5 Å². The molecule has 5 heteroatoms. The molecule has 0 saturated carbocycles. The third-order valence-electron chi connectivity index (χ3n) is 4.84. The van der Waals surface area contributed by atoms with E-state index in [1.54, 1.807) is 18.3 Å². The number of non-ortho nitro benzene ring substituents is 1. The van der Waals surface area contributed by atoms with Crippen LogP contribution in [0.1, 0.15) is 17.2 Å². The van der Waals surface area contributed by atoms with Gasteiger partial charge in [-0.15, -0.1) is 0 Å². The minimum atomic E-state index is -0.378. The second-order valence-corrected chi connectivity index (χ2v) is 6.17. The largest absolute Gasteiger partial charge is 0.270 e. The minimum Gasteiger partial charge on any atom is -0.258 e. The van der Waals surface area contributed by atoms with Crippen LogP contribution in [0.15, 0.2) is 72.9 Å². The normalized spacial score (nSPS) is 13.0. The van der Waals surface area contributed by atoms with Gasteiger partial charge in [-0.3, -0.25) is 14.8 Å². The Morgan fingerprint density at radius 3 is 2.20 bits per heavy atom. The average molecular weight is 327 g/mol. The van der Waals surface area contributed by atoms with E-state index in [1.807, 2.05) is 28.9 Å². The van der Waals surface area contributed by atoms with Gasteiger partial charge in [-0.1, -0.05) is 48.5 Å². The molecule has 25 heavy (non-hydrogen) atoms. The van der Waals surface area contributed by atoms with Gasteiger partial charge in [0.05, 0.1) is 16.6 Å². The Morgan fingerprint density at radius 1 is 0.920 bits per heavy atom. The number of nitro groups is 1. The molecule has 3 aromatic carbocycles. The lowest BCUT2D eigenvalue weighted by Crippen LogP contribution is -2.10. The standard InChI is InChI=1S/C20H13N3O2/c24-23(25)14-9-10-19-13(11-14)12-21-22(19)20-17-7-3-1-5-15(17)16-6-2-4-8-18(16)20/h1-12,20H. The molecule has 120 valence electrons. The van der Waals surface area contributed by atoms with Crippen LogP contribution < -0.4 is 0 Å². The van der Waals surface area contributed by atoms with E-state index in [9.17, 15) is 10.1 Å². The Morgan fingerprint density at radius 2 is 1.56 bits per heavy atom. The average Bonchev–Trinajstić information content (AvgIpc) is 3.20. The molecule has 1 aromatic heterocycles. The van der Waals surface area contributed by atoms with Gasteiger partial charge >= 0.3 is 0 Å². The van der Waals surface area contributed by atoms with E-state index in [0.717, 1.165) is 10.9 Å².